The van der Waals surface area contributed by atoms with Gasteiger partial charge in [-0.2, -0.15) is 0 Å². The van der Waals surface area contributed by atoms with Crippen molar-refractivity contribution >= 4 is 5.78 Å². The van der Waals surface area contributed by atoms with Crippen LogP contribution >= 0.6 is 0 Å². The summed E-state index contributed by atoms with van der Waals surface area (Å²) in [5, 5.41) is 0. The van der Waals surface area contributed by atoms with Crippen LogP contribution in [0.4, 0.5) is 0 Å². The first-order chi connectivity index (χ1) is 14.1. The van der Waals surface area contributed by atoms with Crippen LogP contribution in [0.3, 0.4) is 0 Å². The minimum atomic E-state index is -0.471. The van der Waals surface area contributed by atoms with Crippen molar-refractivity contribution in [2.75, 3.05) is 13.2 Å². The summed E-state index contributed by atoms with van der Waals surface area (Å²) in [5.74, 6) is 0.758. The maximum atomic E-state index is 13.0. The van der Waals surface area contributed by atoms with Crippen molar-refractivity contribution in [3.63, 3.8) is 0 Å². The number of hydrogen-bond acceptors (Lipinski definition) is 5. The van der Waals surface area contributed by atoms with E-state index in [1.54, 1.807) is 0 Å². The highest BCUT2D eigenvalue weighted by atomic mass is 16.7. The van der Waals surface area contributed by atoms with E-state index >= 15 is 0 Å². The zero-order chi connectivity index (χ0) is 21.9. The van der Waals surface area contributed by atoms with Gasteiger partial charge < -0.3 is 19.9 Å². The number of nitrogens with two attached hydrogens (primary N) is 1. The number of benzene rings is 1. The van der Waals surface area contributed by atoms with Crippen molar-refractivity contribution in [1.29, 1.82) is 0 Å². The number of Topliss-reactive ketones (excluding diaryl/α,β-unsaturated/α-hetero) is 1. The lowest BCUT2D eigenvalue weighted by Crippen LogP contribution is -2.46. The van der Waals surface area contributed by atoms with E-state index in [9.17, 15) is 4.79 Å². The molecule has 0 bridgehead atoms. The maximum Gasteiger partial charge on any atom is 0.184 e. The SMILES string of the molecule is CC(C)C(C)(CC(C)(C)N)C(=O)COCC1CCC2OC(c3ccccc3)OC2C1. The Hall–Kier alpha value is -1.27. The smallest absolute Gasteiger partial charge is 0.184 e. The van der Waals surface area contributed by atoms with E-state index in [0.717, 1.165) is 24.8 Å². The molecule has 0 spiro atoms. The summed E-state index contributed by atoms with van der Waals surface area (Å²) in [7, 11) is 0. The minimum absolute atomic E-state index is 0.104. The molecular formula is C25H39NO4. The van der Waals surface area contributed by atoms with Crippen molar-refractivity contribution in [1.82, 2.24) is 0 Å². The Balaban J connectivity index is 1.47. The molecule has 5 nitrogen and oxygen atoms in total. The minimum Gasteiger partial charge on any atom is -0.373 e. The monoisotopic (exact) mass is 417 g/mol. The molecule has 1 heterocycles. The van der Waals surface area contributed by atoms with Gasteiger partial charge in [0, 0.05) is 16.5 Å². The second-order valence-corrected chi connectivity index (χ2v) is 10.4. The third kappa shape index (κ3) is 5.70. The second kappa shape index (κ2) is 9.47. The molecule has 1 saturated carbocycles. The average Bonchev–Trinajstić information content (AvgIpc) is 3.10. The first kappa shape index (κ1) is 23.4. The molecule has 2 aliphatic rings. The third-order valence-electron chi connectivity index (χ3n) is 6.83. The highest BCUT2D eigenvalue weighted by Crippen LogP contribution is 2.40. The number of carbonyl (C=O) groups is 1. The van der Waals surface area contributed by atoms with Crippen LogP contribution in [0.25, 0.3) is 0 Å². The third-order valence-corrected chi connectivity index (χ3v) is 6.83. The van der Waals surface area contributed by atoms with Gasteiger partial charge in [-0.1, -0.05) is 51.1 Å². The fraction of sp³-hybridized carbons (Fsp3) is 0.720. The van der Waals surface area contributed by atoms with Gasteiger partial charge in [0.25, 0.3) is 0 Å². The van der Waals surface area contributed by atoms with E-state index in [-0.39, 0.29) is 42.3 Å². The predicted octanol–water partition coefficient (Wildman–Crippen LogP) is 4.64. The molecular weight excluding hydrogens is 378 g/mol. The largest absolute Gasteiger partial charge is 0.373 e. The summed E-state index contributed by atoms with van der Waals surface area (Å²) in [6.07, 6.45) is 3.57. The first-order valence-electron chi connectivity index (χ1n) is 11.3. The van der Waals surface area contributed by atoms with Gasteiger partial charge in [-0.3, -0.25) is 4.79 Å². The van der Waals surface area contributed by atoms with E-state index in [4.69, 9.17) is 19.9 Å². The molecule has 1 aliphatic carbocycles. The molecule has 30 heavy (non-hydrogen) atoms. The van der Waals surface area contributed by atoms with E-state index in [0.29, 0.717) is 18.9 Å². The summed E-state index contributed by atoms with van der Waals surface area (Å²) >= 11 is 0. The topological polar surface area (TPSA) is 70.8 Å². The summed E-state index contributed by atoms with van der Waals surface area (Å²) in [6, 6.07) is 10.1. The van der Waals surface area contributed by atoms with Gasteiger partial charge in [-0.25, -0.2) is 0 Å². The Kier molecular flexibility index (Phi) is 7.39. The van der Waals surface area contributed by atoms with Crippen LogP contribution in [0.15, 0.2) is 30.3 Å². The normalized spacial score (nSPS) is 28.9. The van der Waals surface area contributed by atoms with E-state index in [1.807, 2.05) is 51.1 Å². The van der Waals surface area contributed by atoms with Gasteiger partial charge in [-0.15, -0.1) is 0 Å². The Morgan fingerprint density at radius 2 is 1.80 bits per heavy atom. The number of carbonyl (C=O) groups excluding carboxylic acids is 1. The Labute approximate surface area is 181 Å². The van der Waals surface area contributed by atoms with Crippen LogP contribution in [-0.4, -0.2) is 36.7 Å². The molecule has 3 rings (SSSR count). The highest BCUT2D eigenvalue weighted by molar-refractivity contribution is 5.86. The standard InChI is InChI=1S/C25H39NO4/c1-17(2)25(5,16-24(3,4)26)22(27)15-28-14-18-11-12-20-21(13-18)30-23(29-20)19-9-7-6-8-10-19/h6-10,17-18,20-21,23H,11-16,26H2,1-5H3. The van der Waals surface area contributed by atoms with Gasteiger partial charge in [0.2, 0.25) is 0 Å². The van der Waals surface area contributed by atoms with E-state index < -0.39 is 5.41 Å². The lowest BCUT2D eigenvalue weighted by atomic mass is 9.68. The number of rotatable bonds is 9. The lowest BCUT2D eigenvalue weighted by Gasteiger charge is -2.37. The Morgan fingerprint density at radius 3 is 2.43 bits per heavy atom. The predicted molar refractivity (Wildman–Crippen MR) is 118 cm³/mol. The number of fused-ring (bicyclic) bond motifs is 1. The van der Waals surface area contributed by atoms with Crippen molar-refractivity contribution in [3.8, 4) is 0 Å². The van der Waals surface area contributed by atoms with Crippen LogP contribution in [0, 0.1) is 17.3 Å². The van der Waals surface area contributed by atoms with Gasteiger partial charge in [0.05, 0.1) is 18.8 Å². The Morgan fingerprint density at radius 1 is 1.13 bits per heavy atom. The molecule has 2 N–H and O–H groups in total. The average molecular weight is 418 g/mol. The summed E-state index contributed by atoms with van der Waals surface area (Å²) in [4.78, 5) is 13.0. The van der Waals surface area contributed by atoms with E-state index in [1.165, 1.54) is 0 Å². The zero-order valence-corrected chi connectivity index (χ0v) is 19.2. The molecule has 5 atom stereocenters. The fourth-order valence-electron chi connectivity index (χ4n) is 4.81. The highest BCUT2D eigenvalue weighted by Gasteiger charge is 2.42. The summed E-state index contributed by atoms with van der Waals surface area (Å²) in [5.41, 5.74) is 6.44. The van der Waals surface area contributed by atoms with Crippen LogP contribution < -0.4 is 5.73 Å². The molecule has 1 saturated heterocycles. The number of ether oxygens (including phenoxy) is 3. The molecule has 1 aromatic rings. The summed E-state index contributed by atoms with van der Waals surface area (Å²) < 4.78 is 18.2. The molecule has 0 radical (unpaired) electrons. The van der Waals surface area contributed by atoms with Crippen LogP contribution in [0.1, 0.15) is 72.2 Å². The molecule has 1 aromatic carbocycles. The van der Waals surface area contributed by atoms with Crippen molar-refractivity contribution < 1.29 is 19.0 Å². The van der Waals surface area contributed by atoms with Gasteiger partial charge >= 0.3 is 0 Å². The van der Waals surface area contributed by atoms with Crippen molar-refractivity contribution in [2.24, 2.45) is 23.0 Å². The molecule has 1 aliphatic heterocycles. The van der Waals surface area contributed by atoms with Crippen LogP contribution in [0.5, 0.6) is 0 Å². The van der Waals surface area contributed by atoms with Gasteiger partial charge in [0.1, 0.15) is 6.61 Å². The Bertz CT molecular complexity index is 699. The van der Waals surface area contributed by atoms with Gasteiger partial charge in [0.15, 0.2) is 12.1 Å². The molecule has 0 amide bonds. The molecule has 168 valence electrons. The van der Waals surface area contributed by atoms with Crippen LogP contribution in [-0.2, 0) is 19.0 Å². The second-order valence-electron chi connectivity index (χ2n) is 10.4. The van der Waals surface area contributed by atoms with E-state index in [2.05, 4.69) is 13.8 Å². The molecule has 0 aromatic heterocycles. The number of ketones is 1. The molecule has 2 fully saturated rings. The fourth-order valence-corrected chi connectivity index (χ4v) is 4.81. The molecule has 5 heteroatoms. The van der Waals surface area contributed by atoms with Crippen LogP contribution in [0.2, 0.25) is 0 Å². The maximum absolute atomic E-state index is 13.0. The van der Waals surface area contributed by atoms with Crippen molar-refractivity contribution in [3.05, 3.63) is 35.9 Å². The summed E-state index contributed by atoms with van der Waals surface area (Å²) in [6.45, 7) is 10.9. The lowest BCUT2D eigenvalue weighted by molar-refractivity contribution is -0.137. The molecule has 5 unspecified atom stereocenters. The quantitative estimate of drug-likeness (QED) is 0.633. The first-order valence-corrected chi connectivity index (χ1v) is 11.3. The zero-order valence-electron chi connectivity index (χ0n) is 19.2. The van der Waals surface area contributed by atoms with Crippen molar-refractivity contribution in [2.45, 2.75) is 84.3 Å². The van der Waals surface area contributed by atoms with Gasteiger partial charge in [-0.05, 0) is 51.4 Å². The number of hydrogen-bond donors (Lipinski definition) is 1.